The van der Waals surface area contributed by atoms with Crippen LogP contribution in [0.1, 0.15) is 0 Å². The molecule has 104 valence electrons. The maximum atomic E-state index is 10.7. The third-order valence-corrected chi connectivity index (χ3v) is 3.57. The first-order chi connectivity index (χ1) is 10.1. The van der Waals surface area contributed by atoms with Crippen molar-refractivity contribution in [1.82, 2.24) is 15.0 Å². The van der Waals surface area contributed by atoms with E-state index in [2.05, 4.69) is 32.8 Å². The van der Waals surface area contributed by atoms with Crippen molar-refractivity contribution >= 4 is 28.3 Å². The van der Waals surface area contributed by atoms with E-state index in [9.17, 15) is 10.1 Å². The largest absolute Gasteiger partial charge is 0.297 e. The first-order valence-electron chi connectivity index (χ1n) is 5.98. The van der Waals surface area contributed by atoms with Crippen molar-refractivity contribution in [2.75, 3.05) is 0 Å². The van der Waals surface area contributed by atoms with Gasteiger partial charge in [-0.25, -0.2) is 0 Å². The molecule has 0 aliphatic rings. The molecule has 0 atom stereocenters. The Hall–Kier alpha value is -2.36. The van der Waals surface area contributed by atoms with E-state index in [4.69, 9.17) is 0 Å². The van der Waals surface area contributed by atoms with Crippen LogP contribution in [0.15, 0.2) is 54.9 Å². The second kappa shape index (κ2) is 5.56. The van der Waals surface area contributed by atoms with Gasteiger partial charge in [-0.2, -0.15) is 0 Å². The Bertz CT molecular complexity index is 783. The molecule has 3 aromatic rings. The minimum absolute atomic E-state index is 0.0414. The number of tetrazole rings is 1. The van der Waals surface area contributed by atoms with Crippen molar-refractivity contribution < 1.29 is 9.72 Å². The molecular formula is C13H9IN5O2+. The number of hydrogen-bond acceptors (Lipinski definition) is 4. The van der Waals surface area contributed by atoms with Crippen molar-refractivity contribution in [1.29, 1.82) is 0 Å². The van der Waals surface area contributed by atoms with Gasteiger partial charge in [-0.15, -0.1) is 0 Å². The summed E-state index contributed by atoms with van der Waals surface area (Å²) in [6.45, 7) is 0. The van der Waals surface area contributed by atoms with Crippen molar-refractivity contribution in [3.8, 4) is 11.4 Å². The van der Waals surface area contributed by atoms with Gasteiger partial charge in [0.05, 0.1) is 10.0 Å². The molecule has 0 spiro atoms. The lowest BCUT2D eigenvalue weighted by molar-refractivity contribution is -0.735. The lowest BCUT2D eigenvalue weighted by Crippen LogP contribution is -2.43. The summed E-state index contributed by atoms with van der Waals surface area (Å²) < 4.78 is 1.12. The Morgan fingerprint density at radius 3 is 2.38 bits per heavy atom. The van der Waals surface area contributed by atoms with Crippen LogP contribution in [0.2, 0.25) is 0 Å². The molecule has 1 heterocycles. The maximum absolute atomic E-state index is 10.7. The third-order valence-electron chi connectivity index (χ3n) is 2.85. The van der Waals surface area contributed by atoms with Crippen LogP contribution in [-0.4, -0.2) is 19.9 Å². The summed E-state index contributed by atoms with van der Waals surface area (Å²) in [5, 5.41) is 19.0. The Kier molecular flexibility index (Phi) is 3.60. The monoisotopic (exact) mass is 394 g/mol. The number of halogens is 1. The van der Waals surface area contributed by atoms with Crippen LogP contribution in [0.4, 0.5) is 5.69 Å². The number of aromatic nitrogens is 4. The Labute approximate surface area is 133 Å². The zero-order chi connectivity index (χ0) is 14.8. The zero-order valence-corrected chi connectivity index (χ0v) is 12.8. The fourth-order valence-electron chi connectivity index (χ4n) is 1.85. The van der Waals surface area contributed by atoms with Gasteiger partial charge in [-0.1, -0.05) is 0 Å². The second-order valence-corrected chi connectivity index (χ2v) is 5.42. The Balaban J connectivity index is 2.02. The first kappa shape index (κ1) is 13.6. The number of nitro benzene ring substituents is 1. The van der Waals surface area contributed by atoms with Crippen molar-refractivity contribution in [2.45, 2.75) is 0 Å². The molecule has 0 aliphatic heterocycles. The van der Waals surface area contributed by atoms with Crippen LogP contribution in [0.25, 0.3) is 11.4 Å². The lowest BCUT2D eigenvalue weighted by Gasteiger charge is -2.00. The molecule has 8 heteroatoms. The fraction of sp³-hybridized carbons (Fsp3) is 0. The van der Waals surface area contributed by atoms with E-state index >= 15 is 0 Å². The lowest BCUT2D eigenvalue weighted by atomic mass is 10.3. The highest BCUT2D eigenvalue weighted by Gasteiger charge is 2.17. The minimum Gasteiger partial charge on any atom is -0.258 e. The highest BCUT2D eigenvalue weighted by atomic mass is 127. The zero-order valence-electron chi connectivity index (χ0n) is 10.6. The molecule has 7 nitrogen and oxygen atoms in total. The first-order valence-corrected chi connectivity index (χ1v) is 7.06. The molecule has 0 saturated carbocycles. The van der Waals surface area contributed by atoms with E-state index in [1.807, 2.05) is 24.3 Å². The summed E-state index contributed by atoms with van der Waals surface area (Å²) in [4.78, 5) is 13.4. The van der Waals surface area contributed by atoms with Crippen molar-refractivity contribution in [2.24, 2.45) is 0 Å². The number of non-ortho nitro benzene ring substituents is 1. The molecule has 0 amide bonds. The van der Waals surface area contributed by atoms with Crippen LogP contribution >= 0.6 is 22.6 Å². The third kappa shape index (κ3) is 2.75. The Morgan fingerprint density at radius 1 is 1.10 bits per heavy atom. The van der Waals surface area contributed by atoms with Crippen LogP contribution in [0.3, 0.4) is 0 Å². The summed E-state index contributed by atoms with van der Waals surface area (Å²) in [5.74, 6) is 0. The van der Waals surface area contributed by atoms with Crippen LogP contribution < -0.4 is 4.80 Å². The normalized spacial score (nSPS) is 10.5. The van der Waals surface area contributed by atoms with Crippen molar-refractivity contribution in [3.63, 3.8) is 0 Å². The van der Waals surface area contributed by atoms with E-state index in [1.165, 1.54) is 18.5 Å². The molecule has 0 bridgehead atoms. The molecular weight excluding hydrogens is 385 g/mol. The molecule has 2 aromatic carbocycles. The van der Waals surface area contributed by atoms with E-state index in [-0.39, 0.29) is 5.69 Å². The second-order valence-electron chi connectivity index (χ2n) is 4.18. The van der Waals surface area contributed by atoms with E-state index in [0.717, 1.165) is 9.26 Å². The molecule has 3 rings (SSSR count). The molecule has 0 saturated heterocycles. The molecule has 0 radical (unpaired) electrons. The van der Waals surface area contributed by atoms with Gasteiger partial charge in [0.2, 0.25) is 0 Å². The SMILES string of the molecule is O=[N+]([O-])c1ccc(-[n+]2ncnn2-c2ccc(I)cc2)cc1. The number of rotatable bonds is 3. The predicted molar refractivity (Wildman–Crippen MR) is 82.3 cm³/mol. The van der Waals surface area contributed by atoms with Gasteiger partial charge in [0.1, 0.15) is 5.69 Å². The van der Waals surface area contributed by atoms with Crippen LogP contribution in [0, 0.1) is 13.7 Å². The number of benzene rings is 2. The van der Waals surface area contributed by atoms with Gasteiger partial charge in [0, 0.05) is 20.5 Å². The smallest absolute Gasteiger partial charge is 0.258 e. The fourth-order valence-corrected chi connectivity index (χ4v) is 2.21. The highest BCUT2D eigenvalue weighted by molar-refractivity contribution is 14.1. The van der Waals surface area contributed by atoms with E-state index < -0.39 is 4.92 Å². The van der Waals surface area contributed by atoms with Crippen LogP contribution in [-0.2, 0) is 0 Å². The van der Waals surface area contributed by atoms with Gasteiger partial charge in [-0.05, 0) is 68.9 Å². The minimum atomic E-state index is -0.432. The molecule has 0 fully saturated rings. The predicted octanol–water partition coefficient (Wildman–Crippen LogP) is 2.06. The average Bonchev–Trinajstić information content (AvgIpc) is 2.97. The van der Waals surface area contributed by atoms with Gasteiger partial charge < -0.3 is 0 Å². The quantitative estimate of drug-likeness (QED) is 0.295. The summed E-state index contributed by atoms with van der Waals surface area (Å²) >= 11 is 2.23. The molecule has 0 unspecified atom stereocenters. The van der Waals surface area contributed by atoms with Gasteiger partial charge in [-0.3, -0.25) is 10.1 Å². The Morgan fingerprint density at radius 2 is 1.76 bits per heavy atom. The standard InChI is InChI=1S/C13H9IN5O2/c14-10-1-3-11(4-2-10)17-15-9-16-18(17)12-5-7-13(8-6-12)19(20)21/h1-9H/q+1. The molecule has 0 aliphatic carbocycles. The van der Waals surface area contributed by atoms with Crippen LogP contribution in [0.5, 0.6) is 0 Å². The topological polar surface area (TPSA) is 77.7 Å². The summed E-state index contributed by atoms with van der Waals surface area (Å²) in [5.41, 5.74) is 1.59. The molecule has 1 aromatic heterocycles. The number of hydrogen-bond donors (Lipinski definition) is 0. The van der Waals surface area contributed by atoms with Gasteiger partial charge >= 0.3 is 0 Å². The van der Waals surface area contributed by atoms with E-state index in [1.54, 1.807) is 21.7 Å². The molecule has 21 heavy (non-hydrogen) atoms. The van der Waals surface area contributed by atoms with Gasteiger partial charge in [0.15, 0.2) is 5.69 Å². The summed E-state index contributed by atoms with van der Waals surface area (Å²) in [6, 6.07) is 13.9. The molecule has 0 N–H and O–H groups in total. The van der Waals surface area contributed by atoms with Crippen molar-refractivity contribution in [3.05, 3.63) is 68.5 Å². The summed E-state index contributed by atoms with van der Waals surface area (Å²) in [7, 11) is 0. The number of nitro groups is 1. The van der Waals surface area contributed by atoms with E-state index in [0.29, 0.717) is 5.69 Å². The number of nitrogens with zero attached hydrogens (tertiary/aromatic N) is 5. The average molecular weight is 394 g/mol. The maximum Gasteiger partial charge on any atom is 0.297 e. The van der Waals surface area contributed by atoms with Gasteiger partial charge in [0.25, 0.3) is 12.0 Å². The highest BCUT2D eigenvalue weighted by Crippen LogP contribution is 2.12. The summed E-state index contributed by atoms with van der Waals surface area (Å²) in [6.07, 6.45) is 1.43.